The smallest absolute Gasteiger partial charge is 0.0137 e. The first-order valence-electron chi connectivity index (χ1n) is 4.42. The second-order valence-electron chi connectivity index (χ2n) is 2.42. The lowest BCUT2D eigenvalue weighted by Crippen LogP contribution is -2.12. The Kier molecular flexibility index (Phi) is 8.96. The lowest BCUT2D eigenvalue weighted by atomic mass is 10.4. The summed E-state index contributed by atoms with van der Waals surface area (Å²) in [4.78, 5) is 0. The van der Waals surface area contributed by atoms with Gasteiger partial charge in [-0.3, -0.25) is 0 Å². The van der Waals surface area contributed by atoms with Gasteiger partial charge in [0.1, 0.15) is 0 Å². The monoisotopic (exact) mass is 153 g/mol. The molecule has 0 aliphatic carbocycles. The van der Waals surface area contributed by atoms with E-state index in [0.29, 0.717) is 0 Å². The zero-order valence-corrected chi connectivity index (χ0v) is 7.64. The van der Waals surface area contributed by atoms with E-state index in [1.807, 2.05) is 0 Å². The summed E-state index contributed by atoms with van der Waals surface area (Å²) in [7, 11) is 0. The van der Waals surface area contributed by atoms with Gasteiger partial charge in [0.05, 0.1) is 0 Å². The van der Waals surface area contributed by atoms with Crippen LogP contribution in [0.4, 0.5) is 0 Å². The van der Waals surface area contributed by atoms with Crippen LogP contribution in [-0.4, -0.2) is 13.1 Å². The van der Waals surface area contributed by atoms with Crippen molar-refractivity contribution in [3.8, 4) is 0 Å². The Hall–Kier alpha value is -0.560. The molecule has 0 aromatic carbocycles. The van der Waals surface area contributed by atoms with Crippen LogP contribution in [0.1, 0.15) is 26.7 Å². The van der Waals surface area contributed by atoms with E-state index in [2.05, 4.69) is 43.5 Å². The van der Waals surface area contributed by atoms with E-state index in [9.17, 15) is 0 Å². The molecule has 0 rings (SSSR count). The van der Waals surface area contributed by atoms with E-state index < -0.39 is 0 Å². The Bertz CT molecular complexity index is 100. The molecule has 0 aliphatic heterocycles. The maximum Gasteiger partial charge on any atom is 0.0137 e. The first-order valence-corrected chi connectivity index (χ1v) is 4.42. The summed E-state index contributed by atoms with van der Waals surface area (Å²) in [6.45, 7) is 6.27. The summed E-state index contributed by atoms with van der Waals surface area (Å²) >= 11 is 0. The van der Waals surface area contributed by atoms with E-state index in [1.165, 1.54) is 0 Å². The fourth-order valence-corrected chi connectivity index (χ4v) is 0.750. The summed E-state index contributed by atoms with van der Waals surface area (Å²) in [5.41, 5.74) is 0. The van der Waals surface area contributed by atoms with Crippen molar-refractivity contribution < 1.29 is 0 Å². The van der Waals surface area contributed by atoms with Gasteiger partial charge < -0.3 is 5.32 Å². The minimum Gasteiger partial charge on any atom is -0.310 e. The van der Waals surface area contributed by atoms with Crippen molar-refractivity contribution in [3.63, 3.8) is 0 Å². The maximum absolute atomic E-state index is 3.28. The molecule has 0 radical (unpaired) electrons. The van der Waals surface area contributed by atoms with Crippen LogP contribution in [0.2, 0.25) is 0 Å². The molecule has 0 saturated heterocycles. The van der Waals surface area contributed by atoms with Gasteiger partial charge >= 0.3 is 0 Å². The number of allylic oxidation sites excluding steroid dienone is 2. The number of nitrogens with one attached hydrogen (secondary N) is 1. The lowest BCUT2D eigenvalue weighted by molar-refractivity contribution is 0.838. The van der Waals surface area contributed by atoms with Crippen LogP contribution in [-0.2, 0) is 0 Å². The zero-order chi connectivity index (χ0) is 8.36. The molecular formula is C10H19N. The fraction of sp³-hybridized carbons (Fsp3) is 0.600. The summed E-state index contributed by atoms with van der Waals surface area (Å²) < 4.78 is 0. The van der Waals surface area contributed by atoms with Crippen LogP contribution in [0.25, 0.3) is 0 Å². The van der Waals surface area contributed by atoms with Crippen LogP contribution >= 0.6 is 0 Å². The number of hydrogen-bond donors (Lipinski definition) is 1. The minimum atomic E-state index is 0.988. The third kappa shape index (κ3) is 9.44. The van der Waals surface area contributed by atoms with Crippen molar-refractivity contribution in [2.24, 2.45) is 0 Å². The predicted octanol–water partition coefficient (Wildman–Crippen LogP) is 2.51. The normalized spacial score (nSPS) is 11.8. The number of hydrogen-bond acceptors (Lipinski definition) is 1. The van der Waals surface area contributed by atoms with Crippen molar-refractivity contribution in [1.82, 2.24) is 5.32 Å². The van der Waals surface area contributed by atoms with Crippen LogP contribution in [0, 0.1) is 0 Å². The standard InChI is InChI=1S/C10H19N/c1-3-5-7-9-11-10-8-6-4-2/h5-8,11H,3-4,9-10H2,1-2H3/b7-5+,8-6+. The molecule has 0 atom stereocenters. The predicted molar refractivity (Wildman–Crippen MR) is 51.7 cm³/mol. The minimum absolute atomic E-state index is 0.988. The fourth-order valence-electron chi connectivity index (χ4n) is 0.750. The molecule has 1 heteroatoms. The van der Waals surface area contributed by atoms with E-state index in [0.717, 1.165) is 25.9 Å². The van der Waals surface area contributed by atoms with E-state index >= 15 is 0 Å². The lowest BCUT2D eigenvalue weighted by Gasteiger charge is -1.93. The third-order valence-electron chi connectivity index (χ3n) is 1.33. The Morgan fingerprint density at radius 2 is 1.27 bits per heavy atom. The van der Waals surface area contributed by atoms with Gasteiger partial charge in [-0.15, -0.1) is 0 Å². The van der Waals surface area contributed by atoms with Crippen molar-refractivity contribution in [3.05, 3.63) is 24.3 Å². The quantitative estimate of drug-likeness (QED) is 0.456. The molecule has 64 valence electrons. The molecule has 0 saturated carbocycles. The van der Waals surface area contributed by atoms with Crippen molar-refractivity contribution in [1.29, 1.82) is 0 Å². The van der Waals surface area contributed by atoms with Crippen LogP contribution in [0.5, 0.6) is 0 Å². The Balaban J connectivity index is 3.02. The second-order valence-corrected chi connectivity index (χ2v) is 2.42. The topological polar surface area (TPSA) is 12.0 Å². The highest BCUT2D eigenvalue weighted by molar-refractivity contribution is 4.86. The van der Waals surface area contributed by atoms with Gasteiger partial charge in [0, 0.05) is 13.1 Å². The maximum atomic E-state index is 3.28. The first kappa shape index (κ1) is 10.4. The summed E-state index contributed by atoms with van der Waals surface area (Å²) in [6.07, 6.45) is 11.0. The van der Waals surface area contributed by atoms with E-state index in [4.69, 9.17) is 0 Å². The average molecular weight is 153 g/mol. The van der Waals surface area contributed by atoms with Crippen LogP contribution in [0.15, 0.2) is 24.3 Å². The van der Waals surface area contributed by atoms with Gasteiger partial charge in [0.25, 0.3) is 0 Å². The number of rotatable bonds is 6. The SMILES string of the molecule is CC/C=C/CNC/C=C/CC. The van der Waals surface area contributed by atoms with E-state index in [1.54, 1.807) is 0 Å². The molecule has 0 bridgehead atoms. The van der Waals surface area contributed by atoms with Crippen molar-refractivity contribution in [2.75, 3.05) is 13.1 Å². The summed E-state index contributed by atoms with van der Waals surface area (Å²) in [6, 6.07) is 0. The third-order valence-corrected chi connectivity index (χ3v) is 1.33. The van der Waals surface area contributed by atoms with Crippen LogP contribution in [0.3, 0.4) is 0 Å². The molecule has 1 N–H and O–H groups in total. The molecule has 0 heterocycles. The Morgan fingerprint density at radius 3 is 1.64 bits per heavy atom. The van der Waals surface area contributed by atoms with Gasteiger partial charge in [-0.1, -0.05) is 38.2 Å². The zero-order valence-electron chi connectivity index (χ0n) is 7.64. The molecule has 11 heavy (non-hydrogen) atoms. The average Bonchev–Trinajstić information content (AvgIpc) is 2.03. The molecule has 1 nitrogen and oxygen atoms in total. The molecule has 0 aromatic rings. The molecule has 0 spiro atoms. The molecule has 0 fully saturated rings. The molecule has 0 aliphatic rings. The van der Waals surface area contributed by atoms with E-state index in [-0.39, 0.29) is 0 Å². The Morgan fingerprint density at radius 1 is 0.818 bits per heavy atom. The van der Waals surface area contributed by atoms with Gasteiger partial charge in [0.15, 0.2) is 0 Å². The highest BCUT2D eigenvalue weighted by Gasteiger charge is 1.75. The molecule has 0 unspecified atom stereocenters. The molecule has 0 amide bonds. The highest BCUT2D eigenvalue weighted by Crippen LogP contribution is 1.79. The van der Waals surface area contributed by atoms with Crippen molar-refractivity contribution in [2.45, 2.75) is 26.7 Å². The highest BCUT2D eigenvalue weighted by atomic mass is 14.8. The van der Waals surface area contributed by atoms with Gasteiger partial charge in [0.2, 0.25) is 0 Å². The van der Waals surface area contributed by atoms with Gasteiger partial charge in [-0.05, 0) is 12.8 Å². The second kappa shape index (κ2) is 9.44. The summed E-state index contributed by atoms with van der Waals surface area (Å²) in [5.74, 6) is 0. The first-order chi connectivity index (χ1) is 5.41. The van der Waals surface area contributed by atoms with Gasteiger partial charge in [-0.2, -0.15) is 0 Å². The largest absolute Gasteiger partial charge is 0.310 e. The van der Waals surface area contributed by atoms with Crippen LogP contribution < -0.4 is 5.32 Å². The van der Waals surface area contributed by atoms with Crippen molar-refractivity contribution >= 4 is 0 Å². The molecule has 0 aromatic heterocycles. The van der Waals surface area contributed by atoms with Gasteiger partial charge in [-0.25, -0.2) is 0 Å². The Labute approximate surface area is 70.2 Å². The molecular weight excluding hydrogens is 134 g/mol. The summed E-state index contributed by atoms with van der Waals surface area (Å²) in [5, 5.41) is 3.28.